The average molecular weight is 1320 g/mol. The molecular weight excluding hydrogens is 1200 g/mol. The first kappa shape index (κ1) is 86.9. The van der Waals surface area contributed by atoms with Crippen LogP contribution in [0.3, 0.4) is 0 Å². The van der Waals surface area contributed by atoms with Crippen LogP contribution in [0.5, 0.6) is 0 Å². The monoisotopic (exact) mass is 1320 g/mol. The number of pyridine rings is 6. The quantitative estimate of drug-likeness (QED) is 0.123. The number of benzene rings is 2. The van der Waals surface area contributed by atoms with E-state index >= 15 is 0 Å². The molecule has 9 heterocycles. The summed E-state index contributed by atoms with van der Waals surface area (Å²) in [5, 5.41) is 0. The van der Waals surface area contributed by atoms with Crippen molar-refractivity contribution >= 4 is 6.21 Å². The van der Waals surface area contributed by atoms with Crippen LogP contribution in [-0.2, 0) is 0 Å². The van der Waals surface area contributed by atoms with E-state index in [-0.39, 0.29) is 0 Å². The highest BCUT2D eigenvalue weighted by molar-refractivity contribution is 5.64. The fourth-order valence-electron chi connectivity index (χ4n) is 8.00. The van der Waals surface area contributed by atoms with E-state index in [2.05, 4.69) is 268 Å². The van der Waals surface area contributed by atoms with Crippen molar-refractivity contribution in [2.45, 2.75) is 218 Å². The minimum atomic E-state index is 0.436. The Morgan fingerprint density at radius 2 is 0.561 bits per heavy atom. The summed E-state index contributed by atoms with van der Waals surface area (Å²) in [5.74, 6) is 7.16. The molecule has 0 fully saturated rings. The summed E-state index contributed by atoms with van der Waals surface area (Å²) in [5.41, 5.74) is 12.4. The van der Waals surface area contributed by atoms with Crippen molar-refractivity contribution in [1.29, 1.82) is 0 Å². The van der Waals surface area contributed by atoms with E-state index in [1.807, 2.05) is 159 Å². The summed E-state index contributed by atoms with van der Waals surface area (Å²) in [6.07, 6.45) is 28.6. The second-order valence-electron chi connectivity index (χ2n) is 26.5. The molecule has 0 amide bonds. The Morgan fingerprint density at radius 1 is 0.224 bits per heavy atom. The van der Waals surface area contributed by atoms with Gasteiger partial charge in [0.1, 0.15) is 5.82 Å². The van der Waals surface area contributed by atoms with Crippen LogP contribution in [0.2, 0.25) is 0 Å². The van der Waals surface area contributed by atoms with Gasteiger partial charge in [-0.1, -0.05) is 249 Å². The zero-order valence-electron chi connectivity index (χ0n) is 63.7. The third-order valence-electron chi connectivity index (χ3n) is 14.3. The van der Waals surface area contributed by atoms with Gasteiger partial charge in [0, 0.05) is 128 Å². The molecule has 0 bridgehead atoms. The van der Waals surface area contributed by atoms with E-state index in [1.54, 1.807) is 37.2 Å². The minimum absolute atomic E-state index is 0.436. The summed E-state index contributed by atoms with van der Waals surface area (Å²) in [7, 11) is 0. The number of nitrogens with zero attached hydrogens (tertiary/aromatic N) is 11. The molecule has 11 heteroatoms. The van der Waals surface area contributed by atoms with Gasteiger partial charge >= 0.3 is 0 Å². The molecule has 8 aromatic heterocycles. The zero-order chi connectivity index (χ0) is 72.9. The first-order valence-electron chi connectivity index (χ1n) is 35.1. The van der Waals surface area contributed by atoms with Crippen LogP contribution in [-0.4, -0.2) is 56.1 Å². The summed E-state index contributed by atoms with van der Waals surface area (Å²) in [4.78, 5) is 45.0. The van der Waals surface area contributed by atoms with Crippen LogP contribution >= 0.6 is 0 Å². The van der Waals surface area contributed by atoms with E-state index < -0.39 is 0 Å². The van der Waals surface area contributed by atoms with E-state index in [9.17, 15) is 0 Å². The van der Waals surface area contributed by atoms with Gasteiger partial charge in [-0.05, 0) is 154 Å². The summed E-state index contributed by atoms with van der Waals surface area (Å²) in [6, 6.07) is 55.0. The van der Waals surface area contributed by atoms with E-state index in [4.69, 9.17) is 0 Å². The highest BCUT2D eigenvalue weighted by atomic mass is 14.9. The molecule has 2 aromatic carbocycles. The molecule has 1 aliphatic rings. The third-order valence-corrected chi connectivity index (χ3v) is 14.3. The van der Waals surface area contributed by atoms with Crippen molar-refractivity contribution < 1.29 is 0 Å². The second-order valence-corrected chi connectivity index (χ2v) is 26.5. The molecule has 524 valence electrons. The molecule has 11 rings (SSSR count). The molecule has 0 unspecified atom stereocenters. The van der Waals surface area contributed by atoms with Crippen LogP contribution in [0.4, 0.5) is 0 Å². The number of hydrogen-bond donors (Lipinski definition) is 0. The maximum atomic E-state index is 4.18. The molecule has 1 aliphatic heterocycles. The van der Waals surface area contributed by atoms with Gasteiger partial charge in [-0.3, -0.25) is 44.9 Å². The highest BCUT2D eigenvalue weighted by Crippen LogP contribution is 2.17. The van der Waals surface area contributed by atoms with Gasteiger partial charge in [-0.25, -0.2) is 9.97 Å². The molecule has 0 atom stereocenters. The molecule has 11 nitrogen and oxygen atoms in total. The molecule has 98 heavy (non-hydrogen) atoms. The summed E-state index contributed by atoms with van der Waals surface area (Å²) >= 11 is 0. The average Bonchev–Trinajstić information content (AvgIpc) is 3.93. The lowest BCUT2D eigenvalue weighted by molar-refractivity contribution is 0.761. The second kappa shape index (κ2) is 54.0. The first-order valence-corrected chi connectivity index (χ1v) is 35.1. The van der Waals surface area contributed by atoms with Gasteiger partial charge in [0.2, 0.25) is 0 Å². The van der Waals surface area contributed by atoms with Crippen molar-refractivity contribution in [2.24, 2.45) is 10.9 Å². The molecule has 0 saturated heterocycles. The normalized spacial score (nSPS) is 10.7. The lowest BCUT2D eigenvalue weighted by Gasteiger charge is -2.01. The third kappa shape index (κ3) is 43.2. The van der Waals surface area contributed by atoms with E-state index in [1.165, 1.54) is 28.0 Å². The van der Waals surface area contributed by atoms with Crippen LogP contribution in [0.25, 0.3) is 0 Å². The van der Waals surface area contributed by atoms with Gasteiger partial charge in [0.25, 0.3) is 0 Å². The first-order chi connectivity index (χ1) is 46.8. The van der Waals surface area contributed by atoms with Crippen LogP contribution in [0.1, 0.15) is 274 Å². The molecule has 0 spiro atoms. The highest BCUT2D eigenvalue weighted by Gasteiger charge is 2.04. The molecule has 0 aliphatic carbocycles. The van der Waals surface area contributed by atoms with Gasteiger partial charge in [0.15, 0.2) is 0 Å². The Bertz CT molecular complexity index is 2700. The maximum Gasteiger partial charge on any atom is 0.130 e. The topological polar surface area (TPSA) is 141 Å². The zero-order valence-corrected chi connectivity index (χ0v) is 63.7. The fourth-order valence-corrected chi connectivity index (χ4v) is 8.00. The summed E-state index contributed by atoms with van der Waals surface area (Å²) in [6.45, 7) is 47.3. The van der Waals surface area contributed by atoms with Crippen LogP contribution < -0.4 is 0 Å². The van der Waals surface area contributed by atoms with Crippen molar-refractivity contribution in [1.82, 2.24) is 49.8 Å². The lowest BCUT2D eigenvalue weighted by Crippen LogP contribution is -1.93. The van der Waals surface area contributed by atoms with Crippen LogP contribution in [0, 0.1) is 5.92 Å². The Balaban J connectivity index is 0.000000539. The van der Waals surface area contributed by atoms with Gasteiger partial charge in [-0.15, -0.1) is 0 Å². The Kier molecular flexibility index (Phi) is 47.9. The van der Waals surface area contributed by atoms with E-state index in [0.717, 1.165) is 40.7 Å². The van der Waals surface area contributed by atoms with E-state index in [0.29, 0.717) is 65.1 Å². The van der Waals surface area contributed by atoms with Gasteiger partial charge in [0.05, 0.1) is 5.69 Å². The largest absolute Gasteiger partial charge is 0.265 e. The van der Waals surface area contributed by atoms with Gasteiger partial charge < -0.3 is 0 Å². The number of allylic oxidation sites excluding steroid dienone is 2. The Hall–Kier alpha value is -9.09. The maximum absolute atomic E-state index is 4.18. The number of rotatable bonds is 11. The van der Waals surface area contributed by atoms with Crippen LogP contribution in [0.15, 0.2) is 261 Å². The minimum Gasteiger partial charge on any atom is -0.265 e. The van der Waals surface area contributed by atoms with Crippen molar-refractivity contribution in [3.8, 4) is 0 Å². The van der Waals surface area contributed by atoms with Crippen molar-refractivity contribution in [2.75, 3.05) is 0 Å². The smallest absolute Gasteiger partial charge is 0.130 e. The Morgan fingerprint density at radius 3 is 0.765 bits per heavy atom. The number of aromatic nitrogens is 10. The van der Waals surface area contributed by atoms with Crippen molar-refractivity contribution in [3.05, 3.63) is 313 Å². The molecule has 0 saturated carbocycles. The molecular formula is C87H121N11. The standard InChI is InChI=1S/2C9H12.6C8H11N.2C7H10N2.C7H11N/c2*1-8(2)9-6-4-3-5-7-9;1-7(2)8-3-5-9-6-4-8;1-7(2)8-4-3-5-9-6-8;4*1-7(2)8-5-3-4-6-9-8;1-6(2)7-5-8-3-4-9-7;1-6(2)7-8-4-3-5-9-7;1-6(2)7-4-3-5-8-7/h2*3-8H,1-2H3;6*3-7H,1-2H3;2*3-6H,1-2H3;4-6H,3H2,1-2H3. The predicted octanol–water partition coefficient (Wildman–Crippen LogP) is 24.1. The van der Waals surface area contributed by atoms with Gasteiger partial charge in [-0.2, -0.15) is 0 Å². The predicted molar refractivity (Wildman–Crippen MR) is 419 cm³/mol. The SMILES string of the molecule is CC(C)C1=CCC=N1.CC(C)c1ccccc1.CC(C)c1ccccc1.CC(C)c1ccccn1.CC(C)c1ccccn1.CC(C)c1ccccn1.CC(C)c1ccccn1.CC(C)c1cccnc1.CC(C)c1ccncc1.CC(C)c1cnccn1.CC(C)c1ncccn1. The molecule has 0 radical (unpaired) electrons. The fraction of sp³-hybridized carbons (Fsp3) is 0.391. The number of hydrogen-bond acceptors (Lipinski definition) is 11. The number of aliphatic imine (C=N–C) groups is 1. The Labute approximate surface area is 594 Å². The lowest BCUT2D eigenvalue weighted by atomic mass is 10.0. The summed E-state index contributed by atoms with van der Waals surface area (Å²) < 4.78 is 0. The molecule has 0 N–H and O–H groups in total. The van der Waals surface area contributed by atoms with Crippen molar-refractivity contribution in [3.63, 3.8) is 0 Å². The molecule has 10 aromatic rings.